The second-order valence-electron chi connectivity index (χ2n) is 6.26. The largest absolute Gasteiger partial charge is 0.328 e. The van der Waals surface area contributed by atoms with Crippen LogP contribution in [0.15, 0.2) is 89.8 Å². The molecular formula is C21H22N2O2S. The highest BCUT2D eigenvalue weighted by Gasteiger charge is 2.37. The van der Waals surface area contributed by atoms with Crippen molar-refractivity contribution in [2.45, 2.75) is 17.4 Å². The first-order chi connectivity index (χ1) is 12.5. The smallest absolute Gasteiger partial charge is 0.241 e. The minimum Gasteiger partial charge on any atom is -0.328 e. The summed E-state index contributed by atoms with van der Waals surface area (Å²) in [7, 11) is -3.77. The van der Waals surface area contributed by atoms with Crippen molar-refractivity contribution in [1.82, 2.24) is 4.72 Å². The molecule has 134 valence electrons. The lowest BCUT2D eigenvalue weighted by molar-refractivity contribution is 0.474. The van der Waals surface area contributed by atoms with E-state index in [2.05, 4.69) is 4.72 Å². The Morgan fingerprint density at radius 3 is 1.69 bits per heavy atom. The molecule has 0 unspecified atom stereocenters. The number of hydrogen-bond acceptors (Lipinski definition) is 3. The molecule has 3 rings (SSSR count). The van der Waals surface area contributed by atoms with Crippen LogP contribution in [0.25, 0.3) is 0 Å². The molecule has 3 N–H and O–H groups in total. The predicted octanol–water partition coefficient (Wildman–Crippen LogP) is 3.18. The third-order valence-electron chi connectivity index (χ3n) is 4.48. The maximum absolute atomic E-state index is 13.1. The molecule has 0 amide bonds. The van der Waals surface area contributed by atoms with Gasteiger partial charge in [0.25, 0.3) is 0 Å². The first-order valence-electron chi connectivity index (χ1n) is 8.40. The molecule has 0 saturated heterocycles. The van der Waals surface area contributed by atoms with Gasteiger partial charge in [0.15, 0.2) is 0 Å². The number of nitrogens with two attached hydrogens (primary N) is 1. The van der Waals surface area contributed by atoms with Crippen LogP contribution in [0.3, 0.4) is 0 Å². The summed E-state index contributed by atoms with van der Waals surface area (Å²) < 4.78 is 29.1. The minimum atomic E-state index is -3.77. The average molecular weight is 366 g/mol. The Hall–Kier alpha value is -2.47. The number of sulfonamides is 1. The second kappa shape index (κ2) is 7.41. The molecule has 3 aromatic rings. The van der Waals surface area contributed by atoms with Gasteiger partial charge >= 0.3 is 0 Å². The molecule has 0 atom stereocenters. The molecule has 26 heavy (non-hydrogen) atoms. The second-order valence-corrected chi connectivity index (χ2v) is 7.94. The van der Waals surface area contributed by atoms with Crippen LogP contribution in [0.1, 0.15) is 16.7 Å². The lowest BCUT2D eigenvalue weighted by atomic mass is 9.84. The van der Waals surface area contributed by atoms with E-state index in [1.165, 1.54) is 0 Å². The van der Waals surface area contributed by atoms with Crippen LogP contribution in [0.4, 0.5) is 0 Å². The van der Waals surface area contributed by atoms with E-state index in [1.807, 2.05) is 67.6 Å². The SMILES string of the molecule is Cc1ccc(S(=O)(=O)NC(CN)(c2ccccc2)c2ccccc2)cc1. The fourth-order valence-electron chi connectivity index (χ4n) is 3.01. The predicted molar refractivity (Wildman–Crippen MR) is 104 cm³/mol. The molecule has 0 heterocycles. The summed E-state index contributed by atoms with van der Waals surface area (Å²) in [6, 6.07) is 25.6. The van der Waals surface area contributed by atoms with Crippen LogP contribution < -0.4 is 10.5 Å². The van der Waals surface area contributed by atoms with Crippen molar-refractivity contribution in [3.63, 3.8) is 0 Å². The fourth-order valence-corrected chi connectivity index (χ4v) is 4.40. The molecule has 0 aliphatic heterocycles. The fraction of sp³-hybridized carbons (Fsp3) is 0.143. The summed E-state index contributed by atoms with van der Waals surface area (Å²) in [5.74, 6) is 0. The highest BCUT2D eigenvalue weighted by molar-refractivity contribution is 7.89. The van der Waals surface area contributed by atoms with Crippen molar-refractivity contribution in [2.75, 3.05) is 6.54 Å². The first kappa shape index (κ1) is 18.3. The maximum Gasteiger partial charge on any atom is 0.241 e. The normalized spacial score (nSPS) is 12.1. The lowest BCUT2D eigenvalue weighted by Gasteiger charge is -2.34. The summed E-state index contributed by atoms with van der Waals surface area (Å²) in [5, 5.41) is 0. The quantitative estimate of drug-likeness (QED) is 0.704. The molecule has 0 fully saturated rings. The van der Waals surface area contributed by atoms with Crippen LogP contribution in [-0.4, -0.2) is 15.0 Å². The van der Waals surface area contributed by atoms with Crippen LogP contribution in [0, 0.1) is 6.92 Å². The van der Waals surface area contributed by atoms with Gasteiger partial charge in [0.2, 0.25) is 10.0 Å². The third-order valence-corrected chi connectivity index (χ3v) is 5.99. The van der Waals surface area contributed by atoms with Crippen molar-refractivity contribution in [3.05, 3.63) is 102 Å². The monoisotopic (exact) mass is 366 g/mol. The van der Waals surface area contributed by atoms with E-state index in [0.29, 0.717) is 0 Å². The van der Waals surface area contributed by atoms with Gasteiger partial charge in [-0.05, 0) is 30.2 Å². The summed E-state index contributed by atoms with van der Waals surface area (Å²) in [6.07, 6.45) is 0. The number of aryl methyl sites for hydroxylation is 1. The molecule has 0 aliphatic carbocycles. The van der Waals surface area contributed by atoms with Gasteiger partial charge in [-0.2, -0.15) is 4.72 Å². The Morgan fingerprint density at radius 2 is 1.27 bits per heavy atom. The third kappa shape index (κ3) is 3.55. The van der Waals surface area contributed by atoms with Gasteiger partial charge in [-0.1, -0.05) is 78.4 Å². The van der Waals surface area contributed by atoms with Crippen molar-refractivity contribution >= 4 is 10.0 Å². The van der Waals surface area contributed by atoms with Gasteiger partial charge in [0.05, 0.1) is 10.4 Å². The molecule has 3 aromatic carbocycles. The van der Waals surface area contributed by atoms with Gasteiger partial charge in [-0.25, -0.2) is 8.42 Å². The Kier molecular flexibility index (Phi) is 5.23. The van der Waals surface area contributed by atoms with E-state index in [-0.39, 0.29) is 11.4 Å². The number of benzene rings is 3. The van der Waals surface area contributed by atoms with Crippen molar-refractivity contribution in [2.24, 2.45) is 5.73 Å². The van der Waals surface area contributed by atoms with Gasteiger partial charge in [-0.15, -0.1) is 0 Å². The van der Waals surface area contributed by atoms with E-state index < -0.39 is 15.6 Å². The minimum absolute atomic E-state index is 0.0894. The lowest BCUT2D eigenvalue weighted by Crippen LogP contribution is -2.51. The van der Waals surface area contributed by atoms with Crippen LogP contribution in [-0.2, 0) is 15.6 Å². The Labute approximate surface area is 154 Å². The highest BCUT2D eigenvalue weighted by Crippen LogP contribution is 2.30. The maximum atomic E-state index is 13.1. The number of hydrogen-bond donors (Lipinski definition) is 2. The molecule has 4 nitrogen and oxygen atoms in total. The molecule has 0 aliphatic rings. The molecule has 0 aromatic heterocycles. The van der Waals surface area contributed by atoms with E-state index in [0.717, 1.165) is 16.7 Å². The highest BCUT2D eigenvalue weighted by atomic mass is 32.2. The summed E-state index contributed by atoms with van der Waals surface area (Å²) in [4.78, 5) is 0.216. The van der Waals surface area contributed by atoms with Gasteiger partial charge in [0.1, 0.15) is 0 Å². The summed E-state index contributed by atoms with van der Waals surface area (Å²) >= 11 is 0. The van der Waals surface area contributed by atoms with Gasteiger partial charge < -0.3 is 5.73 Å². The zero-order chi connectivity index (χ0) is 18.6. The molecular weight excluding hydrogens is 344 g/mol. The summed E-state index contributed by atoms with van der Waals surface area (Å²) in [6.45, 7) is 2.01. The topological polar surface area (TPSA) is 72.2 Å². The van der Waals surface area contributed by atoms with Crippen molar-refractivity contribution in [3.8, 4) is 0 Å². The van der Waals surface area contributed by atoms with Crippen LogP contribution >= 0.6 is 0 Å². The van der Waals surface area contributed by atoms with Gasteiger partial charge in [-0.3, -0.25) is 0 Å². The average Bonchev–Trinajstić information content (AvgIpc) is 2.68. The van der Waals surface area contributed by atoms with E-state index in [1.54, 1.807) is 24.3 Å². The Bertz CT molecular complexity index is 914. The first-order valence-corrected chi connectivity index (χ1v) is 9.88. The summed E-state index contributed by atoms with van der Waals surface area (Å²) in [5.41, 5.74) is 7.70. The van der Waals surface area contributed by atoms with Crippen molar-refractivity contribution in [1.29, 1.82) is 0 Å². The molecule has 5 heteroatoms. The van der Waals surface area contributed by atoms with E-state index >= 15 is 0 Å². The van der Waals surface area contributed by atoms with E-state index in [4.69, 9.17) is 5.73 Å². The zero-order valence-corrected chi connectivity index (χ0v) is 15.4. The molecule has 0 saturated carbocycles. The number of nitrogens with one attached hydrogen (secondary N) is 1. The molecule has 0 radical (unpaired) electrons. The van der Waals surface area contributed by atoms with E-state index in [9.17, 15) is 8.42 Å². The molecule has 0 spiro atoms. The van der Waals surface area contributed by atoms with Crippen molar-refractivity contribution < 1.29 is 8.42 Å². The Balaban J connectivity index is 2.14. The molecule has 0 bridgehead atoms. The standard InChI is InChI=1S/C21H22N2O2S/c1-17-12-14-20(15-13-17)26(24,25)23-21(16-22,18-8-4-2-5-9-18)19-10-6-3-7-11-19/h2-15,23H,16,22H2,1H3. The van der Waals surface area contributed by atoms with Crippen LogP contribution in [0.5, 0.6) is 0 Å². The van der Waals surface area contributed by atoms with Gasteiger partial charge in [0, 0.05) is 6.54 Å². The Morgan fingerprint density at radius 1 is 0.808 bits per heavy atom. The number of rotatable bonds is 6. The van der Waals surface area contributed by atoms with Crippen LogP contribution in [0.2, 0.25) is 0 Å². The zero-order valence-electron chi connectivity index (χ0n) is 14.6.